The normalized spacial score (nSPS) is 10.3. The van der Waals surface area contributed by atoms with E-state index in [1.165, 1.54) is 17.3 Å². The largest absolute Gasteiger partial charge is 0.331 e. The van der Waals surface area contributed by atoms with Crippen molar-refractivity contribution in [2.24, 2.45) is 0 Å². The van der Waals surface area contributed by atoms with Crippen LogP contribution in [0.5, 0.6) is 0 Å². The maximum atomic E-state index is 12.2. The van der Waals surface area contributed by atoms with Crippen LogP contribution in [-0.2, 0) is 4.79 Å². The summed E-state index contributed by atoms with van der Waals surface area (Å²) in [4.78, 5) is 33.7. The molecule has 1 N–H and O–H groups in total. The van der Waals surface area contributed by atoms with Gasteiger partial charge in [-0.3, -0.25) is 14.6 Å². The molecule has 2 amide bonds. The summed E-state index contributed by atoms with van der Waals surface area (Å²) in [5, 5.41) is 2.79. The van der Waals surface area contributed by atoms with E-state index in [-0.39, 0.29) is 24.1 Å². The Kier molecular flexibility index (Phi) is 5.44. The predicted octanol–water partition coefficient (Wildman–Crippen LogP) is 2.57. The number of hydrogen-bond donors (Lipinski definition) is 1. The van der Waals surface area contributed by atoms with Gasteiger partial charge in [0, 0.05) is 23.4 Å². The summed E-state index contributed by atoms with van der Waals surface area (Å²) in [6, 6.07) is 5.57. The van der Waals surface area contributed by atoms with Crippen molar-refractivity contribution in [1.82, 2.24) is 14.9 Å². The van der Waals surface area contributed by atoms with E-state index in [0.29, 0.717) is 5.69 Å². The number of nitrogens with zero attached hydrogens (tertiary/aromatic N) is 3. The highest BCUT2D eigenvalue weighted by atomic mass is 79.9. The van der Waals surface area contributed by atoms with E-state index in [1.54, 1.807) is 14.0 Å². The zero-order valence-corrected chi connectivity index (χ0v) is 14.7. The summed E-state index contributed by atoms with van der Waals surface area (Å²) in [7, 11) is 1.55. The van der Waals surface area contributed by atoms with Crippen LogP contribution < -0.4 is 5.32 Å². The Morgan fingerprint density at radius 2 is 1.96 bits per heavy atom. The Bertz CT molecular complexity index is 731. The molecule has 120 valence electrons. The Labute approximate surface area is 143 Å². The molecule has 0 saturated carbocycles. The summed E-state index contributed by atoms with van der Waals surface area (Å²) in [5.74, 6) is -0.619. The number of benzene rings is 1. The molecule has 0 aliphatic heterocycles. The molecule has 7 heteroatoms. The van der Waals surface area contributed by atoms with Gasteiger partial charge in [0.15, 0.2) is 0 Å². The number of carbonyl (C=O) groups excluding carboxylic acids is 2. The number of likely N-dealkylation sites (N-methyl/N-ethyl adjacent to an activating group) is 1. The average Bonchev–Trinajstić information content (AvgIpc) is 2.50. The number of aryl methyl sites for hydroxylation is 2. The van der Waals surface area contributed by atoms with Gasteiger partial charge in [0.1, 0.15) is 5.69 Å². The highest BCUT2D eigenvalue weighted by molar-refractivity contribution is 9.10. The Balaban J connectivity index is 1.99. The highest BCUT2D eigenvalue weighted by Crippen LogP contribution is 2.19. The number of anilines is 1. The third kappa shape index (κ3) is 4.59. The maximum Gasteiger partial charge on any atom is 0.274 e. The van der Waals surface area contributed by atoms with Crippen molar-refractivity contribution in [2.45, 2.75) is 13.8 Å². The molecule has 0 bridgehead atoms. The lowest BCUT2D eigenvalue weighted by Gasteiger charge is -2.17. The number of carbonyl (C=O) groups is 2. The summed E-state index contributed by atoms with van der Waals surface area (Å²) in [5.41, 5.74) is 2.60. The third-order valence-electron chi connectivity index (χ3n) is 3.19. The Morgan fingerprint density at radius 1 is 1.22 bits per heavy atom. The molecule has 1 heterocycles. The number of amides is 2. The van der Waals surface area contributed by atoms with Gasteiger partial charge in [-0.2, -0.15) is 0 Å². The van der Waals surface area contributed by atoms with Crippen molar-refractivity contribution in [1.29, 1.82) is 0 Å². The van der Waals surface area contributed by atoms with E-state index in [1.807, 2.05) is 25.1 Å². The van der Waals surface area contributed by atoms with Crippen LogP contribution in [0.4, 0.5) is 5.69 Å². The quantitative estimate of drug-likeness (QED) is 0.889. The maximum absolute atomic E-state index is 12.2. The molecular formula is C16H17BrN4O2. The molecule has 0 fully saturated rings. The van der Waals surface area contributed by atoms with Crippen molar-refractivity contribution in [3.63, 3.8) is 0 Å². The van der Waals surface area contributed by atoms with Crippen LogP contribution in [0.1, 0.15) is 21.7 Å². The summed E-state index contributed by atoms with van der Waals surface area (Å²) >= 11 is 3.37. The monoisotopic (exact) mass is 376 g/mol. The molecule has 0 radical (unpaired) electrons. The number of rotatable bonds is 4. The van der Waals surface area contributed by atoms with Crippen LogP contribution in [0.15, 0.2) is 35.1 Å². The van der Waals surface area contributed by atoms with Gasteiger partial charge in [-0.25, -0.2) is 4.98 Å². The molecule has 0 atom stereocenters. The fraction of sp³-hybridized carbons (Fsp3) is 0.250. The number of hydrogen-bond acceptors (Lipinski definition) is 4. The van der Waals surface area contributed by atoms with Gasteiger partial charge in [-0.1, -0.05) is 15.9 Å². The van der Waals surface area contributed by atoms with Gasteiger partial charge >= 0.3 is 0 Å². The van der Waals surface area contributed by atoms with E-state index in [2.05, 4.69) is 31.2 Å². The predicted molar refractivity (Wildman–Crippen MR) is 91.2 cm³/mol. The molecule has 1 aromatic heterocycles. The first-order valence-electron chi connectivity index (χ1n) is 6.97. The minimum absolute atomic E-state index is 0.0656. The third-order valence-corrected chi connectivity index (χ3v) is 3.68. The Morgan fingerprint density at radius 3 is 2.57 bits per heavy atom. The van der Waals surface area contributed by atoms with Crippen molar-refractivity contribution < 1.29 is 9.59 Å². The zero-order chi connectivity index (χ0) is 17.0. The summed E-state index contributed by atoms with van der Waals surface area (Å²) in [6.45, 7) is 3.62. The van der Waals surface area contributed by atoms with E-state index in [9.17, 15) is 9.59 Å². The molecule has 23 heavy (non-hydrogen) atoms. The molecule has 2 aromatic rings. The lowest BCUT2D eigenvalue weighted by molar-refractivity contribution is -0.116. The number of nitrogens with one attached hydrogen (secondary N) is 1. The fourth-order valence-electron chi connectivity index (χ4n) is 1.94. The van der Waals surface area contributed by atoms with Crippen LogP contribution in [0, 0.1) is 13.8 Å². The van der Waals surface area contributed by atoms with E-state index in [0.717, 1.165) is 15.7 Å². The van der Waals surface area contributed by atoms with Crippen molar-refractivity contribution in [3.8, 4) is 0 Å². The van der Waals surface area contributed by atoms with Crippen LogP contribution in [-0.4, -0.2) is 40.3 Å². The molecule has 0 saturated heterocycles. The SMILES string of the molecule is Cc1cnc(C(=O)N(C)CC(=O)Nc2ccc(Br)cc2C)cn1. The minimum atomic E-state index is -0.347. The first kappa shape index (κ1) is 17.1. The zero-order valence-electron chi connectivity index (χ0n) is 13.1. The second-order valence-corrected chi connectivity index (χ2v) is 6.13. The molecule has 0 spiro atoms. The standard InChI is InChI=1S/C16H17BrN4O2/c1-10-6-12(17)4-5-13(10)20-15(22)9-21(3)16(23)14-8-18-11(2)7-19-14/h4-8H,9H2,1-3H3,(H,20,22). The molecular weight excluding hydrogens is 360 g/mol. The lowest BCUT2D eigenvalue weighted by atomic mass is 10.2. The van der Waals surface area contributed by atoms with E-state index in [4.69, 9.17) is 0 Å². The molecule has 1 aromatic carbocycles. The second-order valence-electron chi connectivity index (χ2n) is 5.21. The minimum Gasteiger partial charge on any atom is -0.331 e. The second kappa shape index (κ2) is 7.32. The molecule has 2 rings (SSSR count). The van der Waals surface area contributed by atoms with Gasteiger partial charge in [0.05, 0.1) is 18.4 Å². The van der Waals surface area contributed by atoms with Crippen LogP contribution in [0.3, 0.4) is 0 Å². The van der Waals surface area contributed by atoms with Crippen LogP contribution in [0.25, 0.3) is 0 Å². The van der Waals surface area contributed by atoms with E-state index >= 15 is 0 Å². The van der Waals surface area contributed by atoms with Crippen molar-refractivity contribution in [3.05, 3.63) is 52.0 Å². The number of halogens is 1. The highest BCUT2D eigenvalue weighted by Gasteiger charge is 2.17. The molecule has 0 aliphatic rings. The summed E-state index contributed by atoms with van der Waals surface area (Å²) < 4.78 is 0.943. The topological polar surface area (TPSA) is 75.2 Å². The smallest absolute Gasteiger partial charge is 0.274 e. The first-order chi connectivity index (χ1) is 10.9. The first-order valence-corrected chi connectivity index (χ1v) is 7.76. The lowest BCUT2D eigenvalue weighted by Crippen LogP contribution is -2.35. The molecule has 0 unspecified atom stereocenters. The van der Waals surface area contributed by atoms with Crippen molar-refractivity contribution >= 4 is 33.4 Å². The average molecular weight is 377 g/mol. The van der Waals surface area contributed by atoms with Crippen molar-refractivity contribution in [2.75, 3.05) is 18.9 Å². The fourth-order valence-corrected chi connectivity index (χ4v) is 2.42. The molecule has 0 aliphatic carbocycles. The van der Waals surface area contributed by atoms with Gasteiger partial charge in [-0.05, 0) is 37.6 Å². The van der Waals surface area contributed by atoms with E-state index < -0.39 is 0 Å². The summed E-state index contributed by atoms with van der Waals surface area (Å²) in [6.07, 6.45) is 2.93. The van der Waals surface area contributed by atoms with Gasteiger partial charge in [0.2, 0.25) is 5.91 Å². The van der Waals surface area contributed by atoms with Gasteiger partial charge in [0.25, 0.3) is 5.91 Å². The Hall–Kier alpha value is -2.28. The number of aromatic nitrogens is 2. The van der Waals surface area contributed by atoms with Gasteiger partial charge < -0.3 is 10.2 Å². The molecule has 6 nitrogen and oxygen atoms in total. The van der Waals surface area contributed by atoms with Gasteiger partial charge in [-0.15, -0.1) is 0 Å². The van der Waals surface area contributed by atoms with Crippen LogP contribution >= 0.6 is 15.9 Å². The van der Waals surface area contributed by atoms with Crippen LogP contribution in [0.2, 0.25) is 0 Å².